The van der Waals surface area contributed by atoms with Crippen LogP contribution in [0.2, 0.25) is 0 Å². The number of piperidine rings is 1. The topological polar surface area (TPSA) is 221 Å². The summed E-state index contributed by atoms with van der Waals surface area (Å²) in [7, 11) is 0. The van der Waals surface area contributed by atoms with Gasteiger partial charge in [0.2, 0.25) is 17.7 Å². The molecule has 50 heavy (non-hydrogen) atoms. The van der Waals surface area contributed by atoms with Crippen LogP contribution < -0.4 is 38.5 Å². The average Bonchev–Trinajstić information content (AvgIpc) is 3.11. The molecule has 0 aromatic heterocycles. The molecular formula is C36H52FN7O6. The van der Waals surface area contributed by atoms with Gasteiger partial charge in [-0.2, -0.15) is 0 Å². The van der Waals surface area contributed by atoms with Crippen LogP contribution in [0.25, 0.3) is 0 Å². The van der Waals surface area contributed by atoms with E-state index in [1.807, 2.05) is 36.4 Å². The van der Waals surface area contributed by atoms with Crippen molar-refractivity contribution in [3.63, 3.8) is 0 Å². The molecule has 2 unspecified atom stereocenters. The van der Waals surface area contributed by atoms with E-state index >= 15 is 0 Å². The quantitative estimate of drug-likeness (QED) is 0.0578. The molecule has 3 rings (SSSR count). The van der Waals surface area contributed by atoms with Crippen LogP contribution in [-0.4, -0.2) is 86.2 Å². The standard InChI is InChI=1S/C36H52FN7O6/c37-17-8-7-13-29(33(46)44-31(23-27(39)14-18-38)36(49)50-35(48)26-15-19-41-20-16-26)42-34(47)30(22-25-11-5-2-6-12-25)43-32(45)28(40)21-24-9-3-1-4-10-24/h1-6,9-12,26-31,41H,7-8,13-23,38-40H2,(H,42,47)(H,43,45)(H,44,46)/t27?,28-,29?,30-,31-/m1/s1. The monoisotopic (exact) mass is 697 g/mol. The fourth-order valence-electron chi connectivity index (χ4n) is 5.71. The van der Waals surface area contributed by atoms with Crippen LogP contribution in [0.3, 0.4) is 0 Å². The number of halogens is 1. The largest absolute Gasteiger partial charge is 0.391 e. The van der Waals surface area contributed by atoms with Gasteiger partial charge in [-0.05, 0) is 82.1 Å². The zero-order valence-electron chi connectivity index (χ0n) is 28.5. The van der Waals surface area contributed by atoms with Crippen molar-refractivity contribution >= 4 is 29.7 Å². The third-order valence-electron chi connectivity index (χ3n) is 8.61. The first-order chi connectivity index (χ1) is 24.1. The van der Waals surface area contributed by atoms with Crippen LogP contribution in [0.1, 0.15) is 56.1 Å². The van der Waals surface area contributed by atoms with Gasteiger partial charge in [-0.25, -0.2) is 4.79 Å². The van der Waals surface area contributed by atoms with Gasteiger partial charge in [0.05, 0.1) is 18.6 Å². The number of benzene rings is 2. The maximum atomic E-state index is 13.8. The molecule has 5 atom stereocenters. The predicted molar refractivity (Wildman–Crippen MR) is 187 cm³/mol. The van der Waals surface area contributed by atoms with E-state index in [1.54, 1.807) is 24.3 Å². The molecule has 14 heteroatoms. The van der Waals surface area contributed by atoms with Gasteiger partial charge in [-0.3, -0.25) is 23.6 Å². The summed E-state index contributed by atoms with van der Waals surface area (Å²) in [6.07, 6.45) is 2.03. The number of alkyl halides is 1. The van der Waals surface area contributed by atoms with Gasteiger partial charge in [0.25, 0.3) is 0 Å². The number of hydrogen-bond acceptors (Lipinski definition) is 10. The van der Waals surface area contributed by atoms with Gasteiger partial charge in [-0.15, -0.1) is 0 Å². The summed E-state index contributed by atoms with van der Waals surface area (Å²) in [5.41, 5.74) is 19.6. The summed E-state index contributed by atoms with van der Waals surface area (Å²) in [5, 5.41) is 11.2. The third kappa shape index (κ3) is 13.9. The molecule has 274 valence electrons. The van der Waals surface area contributed by atoms with E-state index in [0.717, 1.165) is 11.1 Å². The minimum Gasteiger partial charge on any atom is -0.391 e. The Hall–Kier alpha value is -4.24. The van der Waals surface area contributed by atoms with E-state index in [2.05, 4.69) is 21.3 Å². The number of nitrogens with two attached hydrogens (primary N) is 3. The van der Waals surface area contributed by atoms with Crippen molar-refractivity contribution in [1.29, 1.82) is 0 Å². The molecule has 1 fully saturated rings. The number of nitrogens with one attached hydrogen (secondary N) is 4. The van der Waals surface area contributed by atoms with Crippen molar-refractivity contribution in [3.8, 4) is 0 Å². The Kier molecular flexibility index (Phi) is 17.5. The number of amides is 3. The molecule has 0 spiro atoms. The van der Waals surface area contributed by atoms with Crippen LogP contribution in [0.15, 0.2) is 60.7 Å². The fraction of sp³-hybridized carbons (Fsp3) is 0.528. The summed E-state index contributed by atoms with van der Waals surface area (Å²) in [6.45, 7) is 0.827. The van der Waals surface area contributed by atoms with E-state index in [4.69, 9.17) is 21.9 Å². The summed E-state index contributed by atoms with van der Waals surface area (Å²) in [6, 6.07) is 13.0. The molecule has 0 bridgehead atoms. The molecule has 1 heterocycles. The zero-order valence-corrected chi connectivity index (χ0v) is 28.5. The van der Waals surface area contributed by atoms with Crippen LogP contribution in [0.4, 0.5) is 4.39 Å². The SMILES string of the molecule is NCCC(N)C[C@@H](NC(=O)C(CCCCF)NC(=O)[C@@H](Cc1ccccc1)NC(=O)[C@H](N)Cc1ccccc1)C(=O)OC(=O)C1CCNCC1. The number of carbonyl (C=O) groups excluding carboxylic acids is 5. The van der Waals surface area contributed by atoms with Crippen molar-refractivity contribution in [2.45, 2.75) is 88.0 Å². The lowest BCUT2D eigenvalue weighted by Crippen LogP contribution is -2.58. The number of unbranched alkanes of at least 4 members (excludes halogenated alkanes) is 1. The number of esters is 2. The van der Waals surface area contributed by atoms with Gasteiger partial charge < -0.3 is 43.2 Å². The van der Waals surface area contributed by atoms with Crippen LogP contribution >= 0.6 is 0 Å². The number of rotatable bonds is 20. The Bertz CT molecular complexity index is 1360. The lowest BCUT2D eigenvalue weighted by atomic mass is 9.98. The maximum Gasteiger partial charge on any atom is 0.336 e. The fourth-order valence-corrected chi connectivity index (χ4v) is 5.71. The van der Waals surface area contributed by atoms with Crippen molar-refractivity contribution in [1.82, 2.24) is 21.3 Å². The van der Waals surface area contributed by atoms with E-state index < -0.39 is 72.5 Å². The molecule has 1 saturated heterocycles. The van der Waals surface area contributed by atoms with E-state index in [1.165, 1.54) is 0 Å². The van der Waals surface area contributed by atoms with Crippen molar-refractivity contribution < 1.29 is 33.1 Å². The first-order valence-corrected chi connectivity index (χ1v) is 17.3. The van der Waals surface area contributed by atoms with Gasteiger partial charge in [-0.1, -0.05) is 60.7 Å². The average molecular weight is 698 g/mol. The number of hydrogen-bond donors (Lipinski definition) is 7. The molecule has 0 radical (unpaired) electrons. The Morgan fingerprint density at radius 1 is 0.760 bits per heavy atom. The molecule has 3 amide bonds. The third-order valence-corrected chi connectivity index (χ3v) is 8.61. The van der Waals surface area contributed by atoms with Gasteiger partial charge in [0.1, 0.15) is 18.1 Å². The molecule has 2 aromatic rings. The Balaban J connectivity index is 1.78. The molecule has 13 nitrogen and oxygen atoms in total. The van der Waals surface area contributed by atoms with Gasteiger partial charge in [0, 0.05) is 12.5 Å². The minimum atomic E-state index is -1.31. The molecule has 1 aliphatic heterocycles. The van der Waals surface area contributed by atoms with Crippen LogP contribution in [0, 0.1) is 5.92 Å². The minimum absolute atomic E-state index is 0.0334. The highest BCUT2D eigenvalue weighted by Crippen LogP contribution is 2.15. The van der Waals surface area contributed by atoms with Crippen LogP contribution in [-0.2, 0) is 41.6 Å². The summed E-state index contributed by atoms with van der Waals surface area (Å²) < 4.78 is 18.3. The summed E-state index contributed by atoms with van der Waals surface area (Å²) >= 11 is 0. The highest BCUT2D eigenvalue weighted by Gasteiger charge is 2.34. The van der Waals surface area contributed by atoms with Gasteiger partial charge >= 0.3 is 11.9 Å². The second kappa shape index (κ2) is 21.8. The van der Waals surface area contributed by atoms with E-state index in [-0.39, 0.29) is 45.1 Å². The lowest BCUT2D eigenvalue weighted by Gasteiger charge is -2.27. The second-order valence-electron chi connectivity index (χ2n) is 12.7. The molecule has 0 aliphatic carbocycles. The Morgan fingerprint density at radius 2 is 1.32 bits per heavy atom. The van der Waals surface area contributed by atoms with Crippen molar-refractivity contribution in [2.24, 2.45) is 23.1 Å². The molecule has 2 aromatic carbocycles. The normalized spacial score (nSPS) is 16.2. The first-order valence-electron chi connectivity index (χ1n) is 17.3. The van der Waals surface area contributed by atoms with Gasteiger partial charge in [0.15, 0.2) is 0 Å². The van der Waals surface area contributed by atoms with E-state index in [0.29, 0.717) is 32.4 Å². The second-order valence-corrected chi connectivity index (χ2v) is 12.7. The number of carbonyl (C=O) groups is 5. The Morgan fingerprint density at radius 3 is 1.92 bits per heavy atom. The Labute approximate surface area is 293 Å². The molecule has 10 N–H and O–H groups in total. The van der Waals surface area contributed by atoms with Crippen LogP contribution in [0.5, 0.6) is 0 Å². The molecule has 1 aliphatic rings. The molecular weight excluding hydrogens is 645 g/mol. The highest BCUT2D eigenvalue weighted by molar-refractivity contribution is 5.96. The van der Waals surface area contributed by atoms with Crippen molar-refractivity contribution in [2.75, 3.05) is 26.3 Å². The van der Waals surface area contributed by atoms with Crippen molar-refractivity contribution in [3.05, 3.63) is 71.8 Å². The zero-order chi connectivity index (χ0) is 36.3. The molecule has 0 saturated carbocycles. The summed E-state index contributed by atoms with van der Waals surface area (Å²) in [4.78, 5) is 66.8. The number of ether oxygens (including phenoxy) is 1. The maximum absolute atomic E-state index is 13.8. The lowest BCUT2D eigenvalue weighted by molar-refractivity contribution is -0.165. The highest BCUT2D eigenvalue weighted by atomic mass is 19.1. The van der Waals surface area contributed by atoms with E-state index in [9.17, 15) is 28.4 Å². The predicted octanol–water partition coefficient (Wildman–Crippen LogP) is 0.529. The summed E-state index contributed by atoms with van der Waals surface area (Å²) in [5.74, 6) is -4.09. The first kappa shape index (κ1) is 40.2. The smallest absolute Gasteiger partial charge is 0.336 e.